The fraction of sp³-hybridized carbons (Fsp3) is 0. The van der Waals surface area contributed by atoms with Crippen LogP contribution in [0.1, 0.15) is 10.4 Å². The van der Waals surface area contributed by atoms with E-state index in [1.54, 1.807) is 12.1 Å². The van der Waals surface area contributed by atoms with E-state index in [4.69, 9.17) is 4.42 Å². The third-order valence-corrected chi connectivity index (χ3v) is 4.27. The zero-order chi connectivity index (χ0) is 15.8. The Morgan fingerprint density at radius 3 is 2.43 bits per heavy atom. The summed E-state index contributed by atoms with van der Waals surface area (Å²) in [7, 11) is 0. The van der Waals surface area contributed by atoms with Gasteiger partial charge in [0, 0.05) is 26.5 Å². The molecular formula is C19H12BrNO2. The molecule has 112 valence electrons. The first-order valence-electron chi connectivity index (χ1n) is 7.19. The van der Waals surface area contributed by atoms with Crippen molar-refractivity contribution in [2.24, 2.45) is 0 Å². The molecule has 1 heterocycles. The Bertz CT molecular complexity index is 1020. The molecule has 0 bridgehead atoms. The average molecular weight is 366 g/mol. The molecule has 1 aromatic heterocycles. The molecule has 1 N–H and O–H groups in total. The van der Waals surface area contributed by atoms with Gasteiger partial charge in [0.25, 0.3) is 5.91 Å². The van der Waals surface area contributed by atoms with E-state index >= 15 is 0 Å². The normalized spacial score (nSPS) is 11.0. The van der Waals surface area contributed by atoms with Crippen molar-refractivity contribution < 1.29 is 9.21 Å². The van der Waals surface area contributed by atoms with Gasteiger partial charge in [0.1, 0.15) is 11.2 Å². The van der Waals surface area contributed by atoms with E-state index in [-0.39, 0.29) is 5.91 Å². The molecule has 4 heteroatoms. The predicted octanol–water partition coefficient (Wildman–Crippen LogP) is 5.60. The van der Waals surface area contributed by atoms with Crippen LogP contribution in [0, 0.1) is 0 Å². The second kappa shape index (κ2) is 5.56. The van der Waals surface area contributed by atoms with E-state index in [2.05, 4.69) is 21.2 Å². The number of rotatable bonds is 2. The van der Waals surface area contributed by atoms with Crippen molar-refractivity contribution in [2.45, 2.75) is 0 Å². The molecule has 0 aliphatic carbocycles. The van der Waals surface area contributed by atoms with Crippen molar-refractivity contribution in [1.82, 2.24) is 0 Å². The summed E-state index contributed by atoms with van der Waals surface area (Å²) >= 11 is 3.36. The number of fused-ring (bicyclic) bond motifs is 3. The molecule has 4 rings (SSSR count). The van der Waals surface area contributed by atoms with Crippen LogP contribution in [-0.2, 0) is 0 Å². The van der Waals surface area contributed by atoms with Gasteiger partial charge in [-0.1, -0.05) is 34.1 Å². The quantitative estimate of drug-likeness (QED) is 0.502. The molecule has 0 fully saturated rings. The first-order valence-corrected chi connectivity index (χ1v) is 7.98. The SMILES string of the molecule is O=C(Nc1ccc2oc3ccccc3c2c1)c1ccc(Br)cc1. The lowest BCUT2D eigenvalue weighted by Crippen LogP contribution is -2.11. The number of furan rings is 1. The Hall–Kier alpha value is -2.59. The number of anilines is 1. The number of nitrogens with one attached hydrogen (secondary N) is 1. The average Bonchev–Trinajstić information content (AvgIpc) is 2.93. The van der Waals surface area contributed by atoms with Gasteiger partial charge in [0.2, 0.25) is 0 Å². The lowest BCUT2D eigenvalue weighted by molar-refractivity contribution is 0.102. The minimum absolute atomic E-state index is 0.135. The lowest BCUT2D eigenvalue weighted by atomic mass is 10.1. The molecule has 3 aromatic carbocycles. The largest absolute Gasteiger partial charge is 0.456 e. The minimum atomic E-state index is -0.135. The molecule has 1 amide bonds. The summed E-state index contributed by atoms with van der Waals surface area (Å²) in [4.78, 5) is 12.3. The van der Waals surface area contributed by atoms with E-state index in [0.717, 1.165) is 32.1 Å². The van der Waals surface area contributed by atoms with Crippen LogP contribution in [0.15, 0.2) is 75.6 Å². The van der Waals surface area contributed by atoms with Crippen molar-refractivity contribution in [3.8, 4) is 0 Å². The zero-order valence-electron chi connectivity index (χ0n) is 12.0. The van der Waals surface area contributed by atoms with Crippen LogP contribution in [0.5, 0.6) is 0 Å². The summed E-state index contributed by atoms with van der Waals surface area (Å²) in [6, 6.07) is 20.8. The molecule has 23 heavy (non-hydrogen) atoms. The molecule has 0 spiro atoms. The standard InChI is InChI=1S/C19H12BrNO2/c20-13-7-5-12(6-8-13)19(22)21-14-9-10-18-16(11-14)15-3-1-2-4-17(15)23-18/h1-11H,(H,21,22). The Kier molecular flexibility index (Phi) is 3.39. The van der Waals surface area contributed by atoms with Gasteiger partial charge in [-0.05, 0) is 48.5 Å². The molecule has 0 unspecified atom stereocenters. The van der Waals surface area contributed by atoms with Crippen molar-refractivity contribution in [2.75, 3.05) is 5.32 Å². The summed E-state index contributed by atoms with van der Waals surface area (Å²) in [6.07, 6.45) is 0. The van der Waals surface area contributed by atoms with Gasteiger partial charge in [-0.3, -0.25) is 4.79 Å². The number of para-hydroxylation sites is 1. The molecule has 0 aliphatic rings. The highest BCUT2D eigenvalue weighted by Crippen LogP contribution is 2.30. The monoisotopic (exact) mass is 365 g/mol. The summed E-state index contributed by atoms with van der Waals surface area (Å²) in [5.41, 5.74) is 3.02. The summed E-state index contributed by atoms with van der Waals surface area (Å²) < 4.78 is 6.74. The van der Waals surface area contributed by atoms with Crippen LogP contribution in [0.3, 0.4) is 0 Å². The number of hydrogen-bond donors (Lipinski definition) is 1. The van der Waals surface area contributed by atoms with Crippen LogP contribution in [0.2, 0.25) is 0 Å². The number of hydrogen-bond acceptors (Lipinski definition) is 2. The summed E-state index contributed by atoms with van der Waals surface area (Å²) in [6.45, 7) is 0. The van der Waals surface area contributed by atoms with Gasteiger partial charge >= 0.3 is 0 Å². The maximum absolute atomic E-state index is 12.3. The van der Waals surface area contributed by atoms with Gasteiger partial charge in [-0.2, -0.15) is 0 Å². The summed E-state index contributed by atoms with van der Waals surface area (Å²) in [5, 5.41) is 4.97. The topological polar surface area (TPSA) is 42.2 Å². The number of amides is 1. The third-order valence-electron chi connectivity index (χ3n) is 3.74. The van der Waals surface area contributed by atoms with Crippen LogP contribution < -0.4 is 5.32 Å². The van der Waals surface area contributed by atoms with Crippen LogP contribution in [-0.4, -0.2) is 5.91 Å². The smallest absolute Gasteiger partial charge is 0.255 e. The third kappa shape index (κ3) is 2.62. The number of carbonyl (C=O) groups excluding carboxylic acids is 1. The van der Waals surface area contributed by atoms with Crippen molar-refractivity contribution in [3.63, 3.8) is 0 Å². The Morgan fingerprint density at radius 1 is 0.870 bits per heavy atom. The lowest BCUT2D eigenvalue weighted by Gasteiger charge is -2.05. The van der Waals surface area contributed by atoms with E-state index in [1.807, 2.05) is 54.6 Å². The van der Waals surface area contributed by atoms with Gasteiger partial charge in [-0.15, -0.1) is 0 Å². The van der Waals surface area contributed by atoms with E-state index in [0.29, 0.717) is 5.56 Å². The number of halogens is 1. The Morgan fingerprint density at radius 2 is 1.61 bits per heavy atom. The van der Waals surface area contributed by atoms with Gasteiger partial charge < -0.3 is 9.73 Å². The van der Waals surface area contributed by atoms with E-state index in [9.17, 15) is 4.79 Å². The van der Waals surface area contributed by atoms with E-state index < -0.39 is 0 Å². The molecule has 0 atom stereocenters. The minimum Gasteiger partial charge on any atom is -0.456 e. The van der Waals surface area contributed by atoms with Gasteiger partial charge in [-0.25, -0.2) is 0 Å². The molecule has 0 aliphatic heterocycles. The van der Waals surface area contributed by atoms with Crippen LogP contribution in [0.25, 0.3) is 21.9 Å². The maximum Gasteiger partial charge on any atom is 0.255 e. The molecule has 0 saturated carbocycles. The number of carbonyl (C=O) groups is 1. The van der Waals surface area contributed by atoms with Crippen LogP contribution in [0.4, 0.5) is 5.69 Å². The molecule has 0 saturated heterocycles. The molecular weight excluding hydrogens is 354 g/mol. The summed E-state index contributed by atoms with van der Waals surface area (Å²) in [5.74, 6) is -0.135. The second-order valence-electron chi connectivity index (χ2n) is 5.27. The van der Waals surface area contributed by atoms with Crippen molar-refractivity contribution >= 4 is 49.5 Å². The van der Waals surface area contributed by atoms with Gasteiger partial charge in [0.05, 0.1) is 0 Å². The molecule has 0 radical (unpaired) electrons. The van der Waals surface area contributed by atoms with Crippen LogP contribution >= 0.6 is 15.9 Å². The zero-order valence-corrected chi connectivity index (χ0v) is 13.6. The predicted molar refractivity (Wildman–Crippen MR) is 95.8 cm³/mol. The fourth-order valence-corrected chi connectivity index (χ4v) is 2.87. The fourth-order valence-electron chi connectivity index (χ4n) is 2.61. The first kappa shape index (κ1) is 14.0. The Labute approximate surface area is 141 Å². The highest BCUT2D eigenvalue weighted by atomic mass is 79.9. The molecule has 3 nitrogen and oxygen atoms in total. The van der Waals surface area contributed by atoms with Crippen molar-refractivity contribution in [1.29, 1.82) is 0 Å². The molecule has 4 aromatic rings. The van der Waals surface area contributed by atoms with Gasteiger partial charge in [0.15, 0.2) is 0 Å². The highest BCUT2D eigenvalue weighted by molar-refractivity contribution is 9.10. The number of benzene rings is 3. The Balaban J connectivity index is 1.70. The maximum atomic E-state index is 12.3. The second-order valence-corrected chi connectivity index (χ2v) is 6.19. The highest BCUT2D eigenvalue weighted by Gasteiger charge is 2.09. The van der Waals surface area contributed by atoms with Crippen molar-refractivity contribution in [3.05, 3.63) is 76.8 Å². The van der Waals surface area contributed by atoms with E-state index in [1.165, 1.54) is 0 Å². The first-order chi connectivity index (χ1) is 11.2.